The Labute approximate surface area is 180 Å². The van der Waals surface area contributed by atoms with Crippen molar-refractivity contribution in [3.63, 3.8) is 0 Å². The Morgan fingerprint density at radius 2 is 1.90 bits per heavy atom. The fourth-order valence-corrected chi connectivity index (χ4v) is 4.18. The molecule has 0 unspecified atom stereocenters. The number of para-hydroxylation sites is 1. The van der Waals surface area contributed by atoms with Crippen molar-refractivity contribution < 1.29 is 9.47 Å². The molecule has 1 atom stereocenters. The number of hydrogen-bond donors (Lipinski definition) is 1. The van der Waals surface area contributed by atoms with Crippen molar-refractivity contribution in [2.45, 2.75) is 12.6 Å². The van der Waals surface area contributed by atoms with E-state index in [2.05, 4.69) is 47.2 Å². The van der Waals surface area contributed by atoms with Gasteiger partial charge >= 0.3 is 0 Å². The monoisotopic (exact) mass is 419 g/mol. The second kappa shape index (κ2) is 9.71. The zero-order chi connectivity index (χ0) is 20.8. The molecule has 0 saturated heterocycles. The maximum absolute atomic E-state index is 5.66. The Bertz CT molecular complexity index is 1060. The van der Waals surface area contributed by atoms with Crippen LogP contribution in [0.1, 0.15) is 16.5 Å². The first-order valence-corrected chi connectivity index (χ1v) is 10.7. The highest BCUT2D eigenvalue weighted by molar-refractivity contribution is 7.10. The molecule has 0 amide bonds. The summed E-state index contributed by atoms with van der Waals surface area (Å²) in [6, 6.07) is 22.3. The molecule has 6 heteroatoms. The molecule has 0 aliphatic rings. The Kier molecular flexibility index (Phi) is 6.59. The summed E-state index contributed by atoms with van der Waals surface area (Å²) in [7, 11) is 3.43. The highest BCUT2D eigenvalue weighted by Gasteiger charge is 2.15. The number of nitrogens with zero attached hydrogens (tertiary/aromatic N) is 2. The molecule has 5 nitrogen and oxygen atoms in total. The molecule has 2 aromatic heterocycles. The van der Waals surface area contributed by atoms with E-state index >= 15 is 0 Å². The van der Waals surface area contributed by atoms with E-state index < -0.39 is 0 Å². The van der Waals surface area contributed by atoms with Crippen LogP contribution in [-0.2, 0) is 11.3 Å². The number of methoxy groups -OCH3 is 2. The molecule has 0 saturated carbocycles. The predicted octanol–water partition coefficient (Wildman–Crippen LogP) is 5.09. The number of rotatable bonds is 9. The lowest BCUT2D eigenvalue weighted by atomic mass is 10.1. The minimum Gasteiger partial charge on any atom is -0.497 e. The van der Waals surface area contributed by atoms with E-state index in [1.807, 2.05) is 41.1 Å². The minimum absolute atomic E-state index is 0.0365. The average Bonchev–Trinajstić information content (AvgIpc) is 3.48. The average molecular weight is 420 g/mol. The van der Waals surface area contributed by atoms with Gasteiger partial charge in [0.25, 0.3) is 0 Å². The van der Waals surface area contributed by atoms with E-state index in [-0.39, 0.29) is 6.10 Å². The standard InChI is InChI=1S/C24H25N3O2S/c1-28-21-11-6-8-18(14-21)24-19(17-27(26-24)20-9-4-3-5-10-20)15-25-16-22(29-2)23-12-7-13-30-23/h3-14,17,22,25H,15-16H2,1-2H3/t22-/m0/s1. The molecule has 4 aromatic rings. The molecule has 2 aromatic carbocycles. The van der Waals surface area contributed by atoms with Crippen LogP contribution in [0.2, 0.25) is 0 Å². The number of aromatic nitrogens is 2. The largest absolute Gasteiger partial charge is 0.497 e. The third-order valence-electron chi connectivity index (χ3n) is 4.94. The lowest BCUT2D eigenvalue weighted by molar-refractivity contribution is 0.105. The van der Waals surface area contributed by atoms with Crippen LogP contribution in [0.4, 0.5) is 0 Å². The Balaban J connectivity index is 1.59. The number of nitrogens with one attached hydrogen (secondary N) is 1. The van der Waals surface area contributed by atoms with Crippen LogP contribution >= 0.6 is 11.3 Å². The molecule has 0 bridgehead atoms. The summed E-state index contributed by atoms with van der Waals surface area (Å²) in [5, 5.41) is 10.5. The number of benzene rings is 2. The van der Waals surface area contributed by atoms with Crippen LogP contribution in [0, 0.1) is 0 Å². The first kappa shape index (κ1) is 20.3. The first-order chi connectivity index (χ1) is 14.8. The van der Waals surface area contributed by atoms with Crippen molar-refractivity contribution >= 4 is 11.3 Å². The summed E-state index contributed by atoms with van der Waals surface area (Å²) in [6.45, 7) is 1.41. The van der Waals surface area contributed by atoms with Gasteiger partial charge in [-0.3, -0.25) is 0 Å². The molecule has 4 rings (SSSR count). The van der Waals surface area contributed by atoms with E-state index in [9.17, 15) is 0 Å². The molecular weight excluding hydrogens is 394 g/mol. The Morgan fingerprint density at radius 3 is 2.63 bits per heavy atom. The van der Waals surface area contributed by atoms with Crippen molar-refractivity contribution in [3.8, 4) is 22.7 Å². The van der Waals surface area contributed by atoms with Crippen molar-refractivity contribution in [2.75, 3.05) is 20.8 Å². The van der Waals surface area contributed by atoms with E-state index in [0.29, 0.717) is 6.54 Å². The predicted molar refractivity (Wildman–Crippen MR) is 121 cm³/mol. The Hall–Kier alpha value is -2.93. The van der Waals surface area contributed by atoms with Gasteiger partial charge in [-0.15, -0.1) is 11.3 Å². The van der Waals surface area contributed by atoms with E-state index in [4.69, 9.17) is 14.6 Å². The molecule has 2 heterocycles. The first-order valence-electron chi connectivity index (χ1n) is 9.84. The van der Waals surface area contributed by atoms with E-state index in [0.717, 1.165) is 34.8 Å². The number of ether oxygens (including phenoxy) is 2. The van der Waals surface area contributed by atoms with E-state index in [1.54, 1.807) is 25.6 Å². The number of hydrogen-bond acceptors (Lipinski definition) is 5. The molecule has 1 N–H and O–H groups in total. The summed E-state index contributed by atoms with van der Waals surface area (Å²) in [5.74, 6) is 0.817. The summed E-state index contributed by atoms with van der Waals surface area (Å²) >= 11 is 1.71. The fraction of sp³-hybridized carbons (Fsp3) is 0.208. The topological polar surface area (TPSA) is 48.3 Å². The van der Waals surface area contributed by atoms with Gasteiger partial charge < -0.3 is 14.8 Å². The van der Waals surface area contributed by atoms with Crippen LogP contribution in [0.5, 0.6) is 5.75 Å². The lowest BCUT2D eigenvalue weighted by Gasteiger charge is -2.14. The van der Waals surface area contributed by atoms with Crippen molar-refractivity contribution in [3.05, 3.63) is 88.7 Å². The summed E-state index contributed by atoms with van der Waals surface area (Å²) < 4.78 is 13.0. The van der Waals surface area contributed by atoms with Crippen molar-refractivity contribution in [2.24, 2.45) is 0 Å². The molecule has 0 fully saturated rings. The zero-order valence-electron chi connectivity index (χ0n) is 17.1. The molecule has 30 heavy (non-hydrogen) atoms. The van der Waals surface area contributed by atoms with Crippen LogP contribution < -0.4 is 10.1 Å². The molecule has 0 spiro atoms. The number of thiophene rings is 1. The minimum atomic E-state index is 0.0365. The van der Waals surface area contributed by atoms with Crippen molar-refractivity contribution in [1.82, 2.24) is 15.1 Å². The SMILES string of the molecule is COc1cccc(-c2nn(-c3ccccc3)cc2CNC[C@H](OC)c2cccs2)c1. The van der Waals surface area contributed by atoms with Gasteiger partial charge in [0.1, 0.15) is 11.9 Å². The second-order valence-corrected chi connectivity index (χ2v) is 7.86. The molecule has 154 valence electrons. The molecular formula is C24H25N3O2S. The summed E-state index contributed by atoms with van der Waals surface area (Å²) in [5.41, 5.74) is 4.12. The van der Waals surface area contributed by atoms with Crippen LogP contribution in [-0.4, -0.2) is 30.5 Å². The summed E-state index contributed by atoms with van der Waals surface area (Å²) in [4.78, 5) is 1.22. The quantitative estimate of drug-likeness (QED) is 0.411. The smallest absolute Gasteiger partial charge is 0.119 e. The van der Waals surface area contributed by atoms with Gasteiger partial charge in [0.15, 0.2) is 0 Å². The highest BCUT2D eigenvalue weighted by atomic mass is 32.1. The van der Waals surface area contributed by atoms with Gasteiger partial charge in [0.2, 0.25) is 0 Å². The van der Waals surface area contributed by atoms with Crippen LogP contribution in [0.3, 0.4) is 0 Å². The zero-order valence-corrected chi connectivity index (χ0v) is 17.9. The van der Waals surface area contributed by atoms with Gasteiger partial charge in [-0.1, -0.05) is 36.4 Å². The molecule has 0 aliphatic carbocycles. The van der Waals surface area contributed by atoms with Gasteiger partial charge in [-0.05, 0) is 35.7 Å². The maximum atomic E-state index is 5.66. The fourth-order valence-electron chi connectivity index (χ4n) is 3.38. The van der Waals surface area contributed by atoms with Gasteiger partial charge in [-0.2, -0.15) is 5.10 Å². The van der Waals surface area contributed by atoms with Crippen molar-refractivity contribution in [1.29, 1.82) is 0 Å². The normalized spacial score (nSPS) is 12.1. The van der Waals surface area contributed by atoms with Gasteiger partial charge in [0, 0.05) is 42.4 Å². The molecule has 0 aliphatic heterocycles. The van der Waals surface area contributed by atoms with Gasteiger partial charge in [-0.25, -0.2) is 4.68 Å². The highest BCUT2D eigenvalue weighted by Crippen LogP contribution is 2.27. The van der Waals surface area contributed by atoms with Crippen LogP contribution in [0.15, 0.2) is 78.3 Å². The third-order valence-corrected chi connectivity index (χ3v) is 5.91. The second-order valence-electron chi connectivity index (χ2n) is 6.89. The Morgan fingerprint density at radius 1 is 1.03 bits per heavy atom. The molecule has 0 radical (unpaired) electrons. The lowest BCUT2D eigenvalue weighted by Crippen LogP contribution is -2.22. The maximum Gasteiger partial charge on any atom is 0.119 e. The van der Waals surface area contributed by atoms with Crippen LogP contribution in [0.25, 0.3) is 16.9 Å². The summed E-state index contributed by atoms with van der Waals surface area (Å²) in [6.07, 6.45) is 2.12. The third kappa shape index (κ3) is 4.62. The van der Waals surface area contributed by atoms with E-state index in [1.165, 1.54) is 4.88 Å². The van der Waals surface area contributed by atoms with Gasteiger partial charge in [0.05, 0.1) is 18.5 Å².